The van der Waals surface area contributed by atoms with Crippen molar-refractivity contribution in [1.82, 2.24) is 9.97 Å². The molecule has 0 aliphatic carbocycles. The van der Waals surface area contributed by atoms with Crippen molar-refractivity contribution < 1.29 is 5.11 Å². The van der Waals surface area contributed by atoms with E-state index < -0.39 is 0 Å². The van der Waals surface area contributed by atoms with Gasteiger partial charge in [-0.3, -0.25) is 0 Å². The number of aliphatic hydroxyl groups excluding tert-OH is 1. The monoisotopic (exact) mass is 208 g/mol. The predicted molar refractivity (Wildman–Crippen MR) is 57.5 cm³/mol. The first kappa shape index (κ1) is 9.55. The van der Waals surface area contributed by atoms with Crippen LogP contribution in [-0.2, 0) is 0 Å². The summed E-state index contributed by atoms with van der Waals surface area (Å²) < 4.78 is 1.08. The van der Waals surface area contributed by atoms with Gasteiger partial charge in [-0.05, 0) is 18.4 Å². The van der Waals surface area contributed by atoms with Gasteiger partial charge in [0.15, 0.2) is 0 Å². The lowest BCUT2D eigenvalue weighted by Crippen LogP contribution is -2.12. The Bertz CT molecular complexity index is 438. The molecule has 0 aliphatic rings. The van der Waals surface area contributed by atoms with Crippen LogP contribution in [0, 0.1) is 0 Å². The molecule has 0 amide bonds. The van der Waals surface area contributed by atoms with Gasteiger partial charge in [-0.2, -0.15) is 0 Å². The molecule has 2 aromatic heterocycles. The highest BCUT2D eigenvalue weighted by atomic mass is 32.1. The summed E-state index contributed by atoms with van der Waals surface area (Å²) in [7, 11) is 0. The first-order valence-electron chi connectivity index (χ1n) is 4.56. The van der Waals surface area contributed by atoms with Crippen LogP contribution >= 0.6 is 11.3 Å². The van der Waals surface area contributed by atoms with E-state index in [4.69, 9.17) is 0 Å². The molecule has 0 saturated carbocycles. The van der Waals surface area contributed by atoms with Gasteiger partial charge in [-0.1, -0.05) is 6.92 Å². The van der Waals surface area contributed by atoms with E-state index in [0.29, 0.717) is 0 Å². The van der Waals surface area contributed by atoms with E-state index in [1.54, 1.807) is 24.6 Å². The SMILES string of the molecule is CC(O)C(C)c1ncnc2ccsc12. The summed E-state index contributed by atoms with van der Waals surface area (Å²) >= 11 is 1.62. The quantitative estimate of drug-likeness (QED) is 0.822. The zero-order valence-electron chi connectivity index (χ0n) is 8.14. The van der Waals surface area contributed by atoms with Crippen LogP contribution in [0.5, 0.6) is 0 Å². The molecule has 4 heteroatoms. The first-order valence-corrected chi connectivity index (χ1v) is 5.44. The lowest BCUT2D eigenvalue weighted by atomic mass is 10.0. The van der Waals surface area contributed by atoms with Gasteiger partial charge in [-0.15, -0.1) is 11.3 Å². The molecule has 2 unspecified atom stereocenters. The molecule has 2 atom stereocenters. The van der Waals surface area contributed by atoms with Crippen molar-refractivity contribution in [2.45, 2.75) is 25.9 Å². The summed E-state index contributed by atoms with van der Waals surface area (Å²) in [6, 6.07) is 1.97. The highest BCUT2D eigenvalue weighted by Crippen LogP contribution is 2.28. The Balaban J connectivity index is 2.56. The number of aromatic nitrogens is 2. The summed E-state index contributed by atoms with van der Waals surface area (Å²) in [4.78, 5) is 8.40. The van der Waals surface area contributed by atoms with Crippen molar-refractivity contribution >= 4 is 21.6 Å². The van der Waals surface area contributed by atoms with Crippen LogP contribution in [0.2, 0.25) is 0 Å². The fourth-order valence-corrected chi connectivity index (χ4v) is 2.29. The molecule has 3 nitrogen and oxygen atoms in total. The van der Waals surface area contributed by atoms with Gasteiger partial charge >= 0.3 is 0 Å². The molecule has 2 aromatic rings. The fraction of sp³-hybridized carbons (Fsp3) is 0.400. The zero-order valence-corrected chi connectivity index (χ0v) is 8.95. The average Bonchev–Trinajstić information content (AvgIpc) is 2.63. The van der Waals surface area contributed by atoms with Gasteiger partial charge in [0.1, 0.15) is 6.33 Å². The van der Waals surface area contributed by atoms with Crippen molar-refractivity contribution in [3.8, 4) is 0 Å². The fourth-order valence-electron chi connectivity index (χ4n) is 1.36. The number of fused-ring (bicyclic) bond motifs is 1. The normalized spacial score (nSPS) is 15.6. The van der Waals surface area contributed by atoms with Crippen LogP contribution in [0.25, 0.3) is 10.2 Å². The van der Waals surface area contributed by atoms with E-state index in [1.165, 1.54) is 0 Å². The Morgan fingerprint density at radius 3 is 2.86 bits per heavy atom. The second-order valence-corrected chi connectivity index (χ2v) is 4.34. The van der Waals surface area contributed by atoms with Gasteiger partial charge in [0.25, 0.3) is 0 Å². The van der Waals surface area contributed by atoms with E-state index in [-0.39, 0.29) is 12.0 Å². The molecule has 0 aliphatic heterocycles. The van der Waals surface area contributed by atoms with Gasteiger partial charge in [-0.25, -0.2) is 9.97 Å². The summed E-state index contributed by atoms with van der Waals surface area (Å²) in [6.45, 7) is 3.76. The Labute approximate surface area is 86.4 Å². The third-order valence-corrected chi connectivity index (χ3v) is 3.35. The Morgan fingerprint density at radius 1 is 1.36 bits per heavy atom. The van der Waals surface area contributed by atoms with Crippen LogP contribution in [0.1, 0.15) is 25.5 Å². The molecule has 1 N–H and O–H groups in total. The third-order valence-electron chi connectivity index (χ3n) is 2.43. The molecule has 0 saturated heterocycles. The molecule has 2 rings (SSSR count). The Kier molecular flexibility index (Phi) is 2.48. The average molecular weight is 208 g/mol. The molecule has 0 aromatic carbocycles. The van der Waals surface area contributed by atoms with Crippen molar-refractivity contribution in [2.75, 3.05) is 0 Å². The maximum Gasteiger partial charge on any atom is 0.116 e. The smallest absolute Gasteiger partial charge is 0.116 e. The summed E-state index contributed by atoms with van der Waals surface area (Å²) in [5.74, 6) is 0.0548. The van der Waals surface area contributed by atoms with E-state index in [0.717, 1.165) is 15.9 Å². The number of aliphatic hydroxyl groups is 1. The number of hydrogen-bond donors (Lipinski definition) is 1. The third kappa shape index (κ3) is 1.51. The molecule has 2 heterocycles. The van der Waals surface area contributed by atoms with E-state index in [2.05, 4.69) is 9.97 Å². The minimum Gasteiger partial charge on any atom is -0.393 e. The van der Waals surface area contributed by atoms with Gasteiger partial charge in [0.2, 0.25) is 0 Å². The van der Waals surface area contributed by atoms with Crippen molar-refractivity contribution in [1.29, 1.82) is 0 Å². The Hall–Kier alpha value is -1.000. The molecule has 74 valence electrons. The number of rotatable bonds is 2. The topological polar surface area (TPSA) is 46.0 Å². The lowest BCUT2D eigenvalue weighted by Gasteiger charge is -2.13. The van der Waals surface area contributed by atoms with Gasteiger partial charge in [0.05, 0.1) is 22.0 Å². The second kappa shape index (κ2) is 3.63. The Morgan fingerprint density at radius 2 is 2.14 bits per heavy atom. The van der Waals surface area contributed by atoms with Crippen molar-refractivity contribution in [3.05, 3.63) is 23.5 Å². The van der Waals surface area contributed by atoms with Crippen LogP contribution in [0.4, 0.5) is 0 Å². The summed E-state index contributed by atoms with van der Waals surface area (Å²) in [5, 5.41) is 11.5. The molecular formula is C10H12N2OS. The van der Waals surface area contributed by atoms with Gasteiger partial charge < -0.3 is 5.11 Å². The maximum atomic E-state index is 9.52. The second-order valence-electron chi connectivity index (χ2n) is 3.42. The molecule has 0 spiro atoms. The first-order chi connectivity index (χ1) is 6.70. The highest BCUT2D eigenvalue weighted by molar-refractivity contribution is 7.17. The largest absolute Gasteiger partial charge is 0.393 e. The molecule has 0 fully saturated rings. The van der Waals surface area contributed by atoms with Crippen molar-refractivity contribution in [2.24, 2.45) is 0 Å². The standard InChI is InChI=1S/C10H12N2OS/c1-6(7(2)13)9-10-8(3-4-14-10)11-5-12-9/h3-7,13H,1-2H3. The molecular weight excluding hydrogens is 196 g/mol. The van der Waals surface area contributed by atoms with Crippen LogP contribution in [0.3, 0.4) is 0 Å². The van der Waals surface area contributed by atoms with Crippen molar-refractivity contribution in [3.63, 3.8) is 0 Å². The minimum atomic E-state index is -0.379. The van der Waals surface area contributed by atoms with E-state index >= 15 is 0 Å². The summed E-state index contributed by atoms with van der Waals surface area (Å²) in [5.41, 5.74) is 1.91. The van der Waals surface area contributed by atoms with Gasteiger partial charge in [0, 0.05) is 5.92 Å². The highest BCUT2D eigenvalue weighted by Gasteiger charge is 2.16. The molecule has 0 radical (unpaired) electrons. The number of hydrogen-bond acceptors (Lipinski definition) is 4. The van der Waals surface area contributed by atoms with E-state index in [9.17, 15) is 5.11 Å². The predicted octanol–water partition coefficient (Wildman–Crippen LogP) is 2.18. The zero-order chi connectivity index (χ0) is 10.1. The lowest BCUT2D eigenvalue weighted by molar-refractivity contribution is 0.168. The number of thiophene rings is 1. The van der Waals surface area contributed by atoms with Crippen LogP contribution in [-0.4, -0.2) is 21.2 Å². The van der Waals surface area contributed by atoms with Crippen LogP contribution < -0.4 is 0 Å². The molecule has 14 heavy (non-hydrogen) atoms. The van der Waals surface area contributed by atoms with E-state index in [1.807, 2.05) is 18.4 Å². The maximum absolute atomic E-state index is 9.52. The summed E-state index contributed by atoms with van der Waals surface area (Å²) in [6.07, 6.45) is 1.18. The molecule has 0 bridgehead atoms. The number of nitrogens with zero attached hydrogens (tertiary/aromatic N) is 2. The van der Waals surface area contributed by atoms with Crippen LogP contribution in [0.15, 0.2) is 17.8 Å². The minimum absolute atomic E-state index is 0.0548.